The van der Waals surface area contributed by atoms with E-state index in [1.165, 1.54) is 18.2 Å². The van der Waals surface area contributed by atoms with Crippen molar-refractivity contribution < 1.29 is 19.0 Å². The highest BCUT2D eigenvalue weighted by atomic mass is 32.2. The molecule has 0 fully saturated rings. The zero-order chi connectivity index (χ0) is 9.84. The van der Waals surface area contributed by atoms with Gasteiger partial charge in [0.2, 0.25) is 0 Å². The van der Waals surface area contributed by atoms with Gasteiger partial charge in [0.1, 0.15) is 11.5 Å². The van der Waals surface area contributed by atoms with Crippen LogP contribution in [0.15, 0.2) is 18.2 Å². The van der Waals surface area contributed by atoms with E-state index in [1.807, 2.05) is 0 Å². The fourth-order valence-corrected chi connectivity index (χ4v) is 1.34. The smallest absolute Gasteiger partial charge is 0.122 e. The van der Waals surface area contributed by atoms with E-state index in [2.05, 4.69) is 0 Å². The first kappa shape index (κ1) is 10.0. The summed E-state index contributed by atoms with van der Waals surface area (Å²) < 4.78 is 20.4. The van der Waals surface area contributed by atoms with E-state index < -0.39 is 11.1 Å². The minimum absolute atomic E-state index is 0.0294. The topological polar surface area (TPSA) is 80.6 Å². The molecule has 72 valence electrons. The molecular weight excluding hydrogens is 192 g/mol. The minimum Gasteiger partial charge on any atom is -0.772 e. The van der Waals surface area contributed by atoms with Gasteiger partial charge in [-0.25, -0.2) is 0 Å². The summed E-state index contributed by atoms with van der Waals surface area (Å²) in [5.41, 5.74) is 0.516. The zero-order valence-corrected chi connectivity index (χ0v) is 7.58. The Balaban J connectivity index is 2.72. The van der Waals surface area contributed by atoms with Gasteiger partial charge in [0.25, 0.3) is 0 Å². The van der Waals surface area contributed by atoms with Crippen molar-refractivity contribution in [3.05, 3.63) is 23.8 Å². The number of hydrogen-bond acceptors (Lipinski definition) is 4. The molecule has 0 aromatic heterocycles. The molecule has 4 nitrogen and oxygen atoms in total. The SMILES string of the molecule is O=S([O-])CCc1ccc(O)cc1O. The highest BCUT2D eigenvalue weighted by molar-refractivity contribution is 7.79. The molecule has 0 radical (unpaired) electrons. The second-order valence-electron chi connectivity index (χ2n) is 2.57. The van der Waals surface area contributed by atoms with E-state index in [-0.39, 0.29) is 23.7 Å². The van der Waals surface area contributed by atoms with Gasteiger partial charge in [0.15, 0.2) is 0 Å². The molecule has 5 heteroatoms. The van der Waals surface area contributed by atoms with Crippen molar-refractivity contribution in [1.29, 1.82) is 0 Å². The molecule has 0 heterocycles. The summed E-state index contributed by atoms with van der Waals surface area (Å²) in [5.74, 6) is -0.145. The van der Waals surface area contributed by atoms with Crippen LogP contribution in [0.3, 0.4) is 0 Å². The Labute approximate surface area is 78.1 Å². The third-order valence-electron chi connectivity index (χ3n) is 1.61. The normalized spacial score (nSPS) is 12.7. The van der Waals surface area contributed by atoms with Crippen LogP contribution in [-0.4, -0.2) is 24.7 Å². The summed E-state index contributed by atoms with van der Waals surface area (Å²) in [7, 11) is 0. The molecule has 0 amide bonds. The quantitative estimate of drug-likeness (QED) is 0.698. The van der Waals surface area contributed by atoms with Gasteiger partial charge in [-0.3, -0.25) is 4.21 Å². The first-order chi connectivity index (χ1) is 6.09. The van der Waals surface area contributed by atoms with E-state index in [4.69, 9.17) is 5.11 Å². The Morgan fingerprint density at radius 2 is 2.08 bits per heavy atom. The number of phenols is 2. The van der Waals surface area contributed by atoms with Crippen LogP contribution in [-0.2, 0) is 17.5 Å². The lowest BCUT2D eigenvalue weighted by Crippen LogP contribution is -1.99. The lowest BCUT2D eigenvalue weighted by Gasteiger charge is -2.06. The molecule has 1 aromatic rings. The van der Waals surface area contributed by atoms with Crippen LogP contribution < -0.4 is 0 Å². The van der Waals surface area contributed by atoms with Crippen molar-refractivity contribution >= 4 is 11.1 Å². The highest BCUT2D eigenvalue weighted by Crippen LogP contribution is 2.22. The van der Waals surface area contributed by atoms with E-state index in [9.17, 15) is 13.9 Å². The average Bonchev–Trinajstić information content (AvgIpc) is 2.02. The lowest BCUT2D eigenvalue weighted by molar-refractivity contribution is 0.446. The molecule has 1 atom stereocenters. The summed E-state index contributed by atoms with van der Waals surface area (Å²) >= 11 is -2.10. The molecule has 0 aliphatic rings. The van der Waals surface area contributed by atoms with Gasteiger partial charge in [-0.15, -0.1) is 0 Å². The monoisotopic (exact) mass is 201 g/mol. The van der Waals surface area contributed by atoms with Crippen LogP contribution in [0.1, 0.15) is 5.56 Å². The second kappa shape index (κ2) is 4.25. The average molecular weight is 201 g/mol. The largest absolute Gasteiger partial charge is 0.772 e. The fraction of sp³-hybridized carbons (Fsp3) is 0.250. The first-order valence-electron chi connectivity index (χ1n) is 3.66. The van der Waals surface area contributed by atoms with Crippen molar-refractivity contribution in [1.82, 2.24) is 0 Å². The zero-order valence-electron chi connectivity index (χ0n) is 6.77. The summed E-state index contributed by atoms with van der Waals surface area (Å²) in [6, 6.07) is 4.09. The maximum absolute atomic E-state index is 10.2. The van der Waals surface area contributed by atoms with Gasteiger partial charge in [-0.05, 0) is 18.1 Å². The van der Waals surface area contributed by atoms with Crippen molar-refractivity contribution in [2.75, 3.05) is 5.75 Å². The third-order valence-corrected chi connectivity index (χ3v) is 2.14. The Hall–Kier alpha value is -1.07. The van der Waals surface area contributed by atoms with Gasteiger partial charge in [-0.1, -0.05) is 17.1 Å². The molecule has 1 unspecified atom stereocenters. The second-order valence-corrected chi connectivity index (χ2v) is 3.59. The Morgan fingerprint density at radius 1 is 1.38 bits per heavy atom. The molecular formula is C8H9O4S-. The fourth-order valence-electron chi connectivity index (χ4n) is 0.957. The van der Waals surface area contributed by atoms with E-state index in [1.54, 1.807) is 0 Å². The van der Waals surface area contributed by atoms with Crippen molar-refractivity contribution in [3.8, 4) is 11.5 Å². The Kier molecular flexibility index (Phi) is 3.27. The van der Waals surface area contributed by atoms with Crippen LogP contribution in [0.4, 0.5) is 0 Å². The number of aryl methyl sites for hydroxylation is 1. The maximum atomic E-state index is 10.2. The molecule has 0 aliphatic heterocycles. The first-order valence-corrected chi connectivity index (χ1v) is 4.90. The molecule has 13 heavy (non-hydrogen) atoms. The van der Waals surface area contributed by atoms with Gasteiger partial charge in [0, 0.05) is 11.8 Å². The van der Waals surface area contributed by atoms with Crippen LogP contribution in [0.5, 0.6) is 11.5 Å². The Morgan fingerprint density at radius 3 is 2.62 bits per heavy atom. The van der Waals surface area contributed by atoms with Crippen LogP contribution in [0.25, 0.3) is 0 Å². The highest BCUT2D eigenvalue weighted by Gasteiger charge is 2.01. The third kappa shape index (κ3) is 3.04. The molecule has 0 saturated carbocycles. The summed E-state index contributed by atoms with van der Waals surface area (Å²) in [6.07, 6.45) is 0.252. The van der Waals surface area contributed by atoms with Crippen molar-refractivity contribution in [3.63, 3.8) is 0 Å². The van der Waals surface area contributed by atoms with Crippen molar-refractivity contribution in [2.24, 2.45) is 0 Å². The van der Waals surface area contributed by atoms with Crippen molar-refractivity contribution in [2.45, 2.75) is 6.42 Å². The minimum atomic E-state index is -2.10. The number of rotatable bonds is 3. The van der Waals surface area contributed by atoms with E-state index in [0.717, 1.165) is 0 Å². The van der Waals surface area contributed by atoms with E-state index >= 15 is 0 Å². The molecule has 1 aromatic carbocycles. The molecule has 0 bridgehead atoms. The molecule has 0 spiro atoms. The molecule has 2 N–H and O–H groups in total. The predicted octanol–water partition coefficient (Wildman–Crippen LogP) is 0.519. The van der Waals surface area contributed by atoms with Crippen LogP contribution >= 0.6 is 0 Å². The van der Waals surface area contributed by atoms with Gasteiger partial charge in [-0.2, -0.15) is 0 Å². The number of hydrogen-bond donors (Lipinski definition) is 2. The summed E-state index contributed by atoms with van der Waals surface area (Å²) in [4.78, 5) is 0. The van der Waals surface area contributed by atoms with Crippen LogP contribution in [0, 0.1) is 0 Å². The maximum Gasteiger partial charge on any atom is 0.122 e. The van der Waals surface area contributed by atoms with Gasteiger partial charge in [0.05, 0.1) is 0 Å². The molecule has 0 saturated heterocycles. The molecule has 0 aliphatic carbocycles. The number of aromatic hydroxyl groups is 2. The van der Waals surface area contributed by atoms with Crippen LogP contribution in [0.2, 0.25) is 0 Å². The van der Waals surface area contributed by atoms with Gasteiger partial charge >= 0.3 is 0 Å². The lowest BCUT2D eigenvalue weighted by atomic mass is 10.1. The summed E-state index contributed by atoms with van der Waals surface area (Å²) in [5, 5.41) is 18.2. The van der Waals surface area contributed by atoms with E-state index in [0.29, 0.717) is 5.56 Å². The standard InChI is InChI=1S/C8H10O4S/c9-7-2-1-6(8(10)5-7)3-4-13(11)12/h1-2,5,9-10H,3-4H2,(H,11,12)/p-1. The van der Waals surface area contributed by atoms with Gasteiger partial charge < -0.3 is 14.8 Å². The predicted molar refractivity (Wildman–Crippen MR) is 47.3 cm³/mol. The molecule has 1 rings (SSSR count). The Bertz CT molecular complexity index is 324. The number of phenolic OH excluding ortho intramolecular Hbond substituents is 2. The summed E-state index contributed by atoms with van der Waals surface area (Å²) in [6.45, 7) is 0. The number of benzene rings is 1.